The molecule has 2 aliphatic rings. The maximum absolute atomic E-state index is 13.5. The topological polar surface area (TPSA) is 112 Å². The SMILES string of the molecule is CCN(C(=O)Cn1c(C(=O)N[C@H]2CC[C@H](C(=O)N3CCC(C(=O)O)CC3)CC2)cc2sccc21)c1cccc(C)c1. The van der Waals surface area contributed by atoms with Gasteiger partial charge >= 0.3 is 5.97 Å². The van der Waals surface area contributed by atoms with Gasteiger partial charge in [0.25, 0.3) is 5.91 Å². The third-order valence-corrected chi connectivity index (χ3v) is 9.40. The lowest BCUT2D eigenvalue weighted by molar-refractivity contribution is -0.147. The van der Waals surface area contributed by atoms with Crippen LogP contribution >= 0.6 is 11.3 Å². The number of carboxylic acids is 1. The van der Waals surface area contributed by atoms with E-state index in [0.29, 0.717) is 63.9 Å². The fourth-order valence-electron chi connectivity index (χ4n) is 6.20. The molecular weight excluding hydrogens is 540 g/mol. The van der Waals surface area contributed by atoms with Gasteiger partial charge in [-0.2, -0.15) is 0 Å². The van der Waals surface area contributed by atoms with Gasteiger partial charge in [0.2, 0.25) is 11.8 Å². The standard InChI is InChI=1S/C31H38N4O5S/c1-3-34(24-6-4-5-20(2)17-24)28(36)19-35-25-13-16-41-27(25)18-26(35)29(37)32-23-9-7-21(8-10-23)30(38)33-14-11-22(12-15-33)31(39)40/h4-6,13,16-18,21-23H,3,7-12,14-15,19H2,1-2H3,(H,32,37)(H,39,40)/t21-,23-. The molecule has 218 valence electrons. The summed E-state index contributed by atoms with van der Waals surface area (Å²) >= 11 is 1.54. The number of hydrogen-bond donors (Lipinski definition) is 2. The summed E-state index contributed by atoms with van der Waals surface area (Å²) in [5.41, 5.74) is 3.26. The minimum Gasteiger partial charge on any atom is -0.481 e. The highest BCUT2D eigenvalue weighted by Gasteiger charge is 2.34. The quantitative estimate of drug-likeness (QED) is 0.403. The van der Waals surface area contributed by atoms with Gasteiger partial charge < -0.3 is 24.8 Å². The zero-order chi connectivity index (χ0) is 29.1. The number of likely N-dealkylation sites (tertiary alicyclic amines) is 1. The van der Waals surface area contributed by atoms with Crippen LogP contribution in [0.2, 0.25) is 0 Å². The fourth-order valence-corrected chi connectivity index (χ4v) is 7.03. The van der Waals surface area contributed by atoms with Crippen molar-refractivity contribution in [2.75, 3.05) is 24.5 Å². The van der Waals surface area contributed by atoms with Crippen molar-refractivity contribution in [3.63, 3.8) is 0 Å². The number of amides is 3. The van der Waals surface area contributed by atoms with Crippen molar-refractivity contribution in [1.29, 1.82) is 0 Å². The Morgan fingerprint density at radius 2 is 1.73 bits per heavy atom. The summed E-state index contributed by atoms with van der Waals surface area (Å²) in [6.07, 6.45) is 3.82. The predicted octanol–water partition coefficient (Wildman–Crippen LogP) is 4.68. The van der Waals surface area contributed by atoms with Crippen LogP contribution in [0.25, 0.3) is 10.2 Å². The monoisotopic (exact) mass is 578 g/mol. The number of hydrogen-bond acceptors (Lipinski definition) is 5. The van der Waals surface area contributed by atoms with Crippen LogP contribution in [0.5, 0.6) is 0 Å². The van der Waals surface area contributed by atoms with E-state index in [2.05, 4.69) is 5.32 Å². The number of carbonyl (C=O) groups is 4. The van der Waals surface area contributed by atoms with Gasteiger partial charge in [-0.15, -0.1) is 11.3 Å². The average molecular weight is 579 g/mol. The maximum atomic E-state index is 13.5. The number of carbonyl (C=O) groups excluding carboxylic acids is 3. The second-order valence-electron chi connectivity index (χ2n) is 11.2. The Bertz CT molecular complexity index is 1430. The number of anilines is 1. The van der Waals surface area contributed by atoms with Crippen molar-refractivity contribution in [2.45, 2.75) is 65.0 Å². The first kappa shape index (κ1) is 28.9. The van der Waals surface area contributed by atoms with Crippen LogP contribution in [0.1, 0.15) is 61.5 Å². The zero-order valence-electron chi connectivity index (χ0n) is 23.7. The number of piperidine rings is 1. The fraction of sp³-hybridized carbons (Fsp3) is 0.484. The van der Waals surface area contributed by atoms with Crippen molar-refractivity contribution in [3.05, 3.63) is 53.0 Å². The average Bonchev–Trinajstić information content (AvgIpc) is 3.56. The van der Waals surface area contributed by atoms with Gasteiger partial charge in [0, 0.05) is 37.3 Å². The van der Waals surface area contributed by atoms with E-state index in [-0.39, 0.29) is 42.1 Å². The summed E-state index contributed by atoms with van der Waals surface area (Å²) < 4.78 is 2.78. The number of nitrogens with one attached hydrogen (secondary N) is 1. The molecule has 1 aromatic carbocycles. The summed E-state index contributed by atoms with van der Waals surface area (Å²) in [5.74, 6) is -1.40. The van der Waals surface area contributed by atoms with Gasteiger partial charge in [-0.3, -0.25) is 19.2 Å². The molecule has 2 aromatic heterocycles. The van der Waals surface area contributed by atoms with Crippen LogP contribution in [0.15, 0.2) is 41.8 Å². The van der Waals surface area contributed by atoms with Gasteiger partial charge in [0.1, 0.15) is 12.2 Å². The predicted molar refractivity (Wildman–Crippen MR) is 159 cm³/mol. The number of thiophene rings is 1. The molecule has 9 nitrogen and oxygen atoms in total. The van der Waals surface area contributed by atoms with E-state index < -0.39 is 5.97 Å². The first-order valence-corrected chi connectivity index (χ1v) is 15.4. The third-order valence-electron chi connectivity index (χ3n) is 8.55. The Balaban J connectivity index is 1.21. The molecule has 3 amide bonds. The number of nitrogens with zero attached hydrogens (tertiary/aromatic N) is 3. The maximum Gasteiger partial charge on any atom is 0.306 e. The lowest BCUT2D eigenvalue weighted by atomic mass is 9.84. The van der Waals surface area contributed by atoms with Crippen LogP contribution in [-0.4, -0.2) is 63.9 Å². The van der Waals surface area contributed by atoms with E-state index in [0.717, 1.165) is 21.5 Å². The Kier molecular flexibility index (Phi) is 8.77. The van der Waals surface area contributed by atoms with E-state index >= 15 is 0 Å². The molecule has 0 atom stereocenters. The summed E-state index contributed by atoms with van der Waals surface area (Å²) in [5, 5.41) is 14.4. The second kappa shape index (κ2) is 12.5. The summed E-state index contributed by atoms with van der Waals surface area (Å²) in [6.45, 7) is 5.53. The number of benzene rings is 1. The minimum atomic E-state index is -0.780. The largest absolute Gasteiger partial charge is 0.481 e. The molecule has 1 saturated carbocycles. The lowest BCUT2D eigenvalue weighted by Gasteiger charge is -2.35. The Morgan fingerprint density at radius 3 is 2.39 bits per heavy atom. The Hall–Kier alpha value is -3.66. The number of rotatable bonds is 8. The molecule has 1 aliphatic heterocycles. The van der Waals surface area contributed by atoms with Gasteiger partial charge in [-0.25, -0.2) is 0 Å². The molecule has 0 radical (unpaired) electrons. The molecular formula is C31H38N4O5S. The van der Waals surface area contributed by atoms with Crippen molar-refractivity contribution in [1.82, 2.24) is 14.8 Å². The summed E-state index contributed by atoms with van der Waals surface area (Å²) in [4.78, 5) is 54.8. The smallest absolute Gasteiger partial charge is 0.306 e. The van der Waals surface area contributed by atoms with E-state index in [4.69, 9.17) is 0 Å². The van der Waals surface area contributed by atoms with Crippen LogP contribution in [0.4, 0.5) is 5.69 Å². The van der Waals surface area contributed by atoms with E-state index in [1.807, 2.05) is 65.1 Å². The van der Waals surface area contributed by atoms with E-state index in [1.165, 1.54) is 0 Å². The number of likely N-dealkylation sites (N-methyl/N-ethyl adjacent to an activating group) is 1. The lowest BCUT2D eigenvalue weighted by Crippen LogP contribution is -2.45. The number of carboxylic acid groups (broad SMARTS) is 1. The van der Waals surface area contributed by atoms with Gasteiger partial charge in [0.15, 0.2) is 0 Å². The molecule has 2 fully saturated rings. The molecule has 0 spiro atoms. The summed E-state index contributed by atoms with van der Waals surface area (Å²) in [6, 6.07) is 11.6. The molecule has 3 aromatic rings. The highest BCUT2D eigenvalue weighted by atomic mass is 32.1. The van der Waals surface area contributed by atoms with Crippen molar-refractivity contribution in [2.24, 2.45) is 11.8 Å². The third kappa shape index (κ3) is 6.32. The number of fused-ring (bicyclic) bond motifs is 1. The normalized spacial score (nSPS) is 19.7. The van der Waals surface area contributed by atoms with Crippen molar-refractivity contribution >= 4 is 50.9 Å². The van der Waals surface area contributed by atoms with Gasteiger partial charge in [-0.05, 0) is 87.6 Å². The van der Waals surface area contributed by atoms with Gasteiger partial charge in [-0.1, -0.05) is 12.1 Å². The van der Waals surface area contributed by atoms with E-state index in [9.17, 15) is 24.3 Å². The van der Waals surface area contributed by atoms with E-state index in [1.54, 1.807) is 16.2 Å². The molecule has 2 N–H and O–H groups in total. The molecule has 1 saturated heterocycles. The molecule has 1 aliphatic carbocycles. The van der Waals surface area contributed by atoms with Crippen LogP contribution in [0, 0.1) is 18.8 Å². The van der Waals surface area contributed by atoms with Crippen molar-refractivity contribution in [3.8, 4) is 0 Å². The highest BCUT2D eigenvalue weighted by molar-refractivity contribution is 7.17. The number of aryl methyl sites for hydroxylation is 1. The van der Waals surface area contributed by atoms with Crippen molar-refractivity contribution < 1.29 is 24.3 Å². The highest BCUT2D eigenvalue weighted by Crippen LogP contribution is 2.30. The van der Waals surface area contributed by atoms with Crippen LogP contribution < -0.4 is 10.2 Å². The molecule has 41 heavy (non-hydrogen) atoms. The Morgan fingerprint density at radius 1 is 1.00 bits per heavy atom. The number of aliphatic carboxylic acids is 1. The summed E-state index contributed by atoms with van der Waals surface area (Å²) in [7, 11) is 0. The molecule has 3 heterocycles. The first-order valence-electron chi connectivity index (χ1n) is 14.5. The number of aromatic nitrogens is 1. The first-order chi connectivity index (χ1) is 19.7. The Labute approximate surface area is 244 Å². The van der Waals surface area contributed by atoms with Crippen LogP contribution in [-0.2, 0) is 20.9 Å². The van der Waals surface area contributed by atoms with Gasteiger partial charge in [0.05, 0.1) is 16.1 Å². The van der Waals surface area contributed by atoms with Crippen LogP contribution in [0.3, 0.4) is 0 Å². The molecule has 10 heteroatoms. The minimum absolute atomic E-state index is 0.0409. The zero-order valence-corrected chi connectivity index (χ0v) is 24.5. The molecule has 5 rings (SSSR count). The molecule has 0 bridgehead atoms. The molecule has 0 unspecified atom stereocenters. The second-order valence-corrected chi connectivity index (χ2v) is 12.2.